The SMILES string of the molecule is Cn1nccc1CNC(=O)c1cn(-c2ccccc2)nc1C(C)(C)C. The second-order valence-corrected chi connectivity index (χ2v) is 7.05. The summed E-state index contributed by atoms with van der Waals surface area (Å²) in [6.45, 7) is 6.60. The molecule has 3 rings (SSSR count). The van der Waals surface area contributed by atoms with E-state index in [9.17, 15) is 4.79 Å². The van der Waals surface area contributed by atoms with Gasteiger partial charge in [-0.2, -0.15) is 10.2 Å². The maximum Gasteiger partial charge on any atom is 0.255 e. The molecule has 1 N–H and O–H groups in total. The third-order valence-corrected chi connectivity index (χ3v) is 4.04. The molecule has 0 atom stereocenters. The number of nitrogens with zero attached hydrogens (tertiary/aromatic N) is 4. The van der Waals surface area contributed by atoms with Gasteiger partial charge in [-0.15, -0.1) is 0 Å². The lowest BCUT2D eigenvalue weighted by molar-refractivity contribution is 0.0948. The summed E-state index contributed by atoms with van der Waals surface area (Å²) < 4.78 is 3.51. The molecular weight excluding hydrogens is 314 g/mol. The number of benzene rings is 1. The Morgan fingerprint density at radius 1 is 1.16 bits per heavy atom. The molecule has 1 amide bonds. The number of hydrogen-bond donors (Lipinski definition) is 1. The summed E-state index contributed by atoms with van der Waals surface area (Å²) in [5.41, 5.74) is 3.01. The largest absolute Gasteiger partial charge is 0.346 e. The van der Waals surface area contributed by atoms with E-state index in [2.05, 4.69) is 36.3 Å². The maximum absolute atomic E-state index is 12.8. The number of aryl methyl sites for hydroxylation is 1. The van der Waals surface area contributed by atoms with E-state index in [0.29, 0.717) is 12.1 Å². The number of hydrogen-bond acceptors (Lipinski definition) is 3. The molecule has 6 heteroatoms. The first-order valence-corrected chi connectivity index (χ1v) is 8.27. The lowest BCUT2D eigenvalue weighted by atomic mass is 9.89. The zero-order valence-corrected chi connectivity index (χ0v) is 15.0. The fourth-order valence-electron chi connectivity index (χ4n) is 2.65. The van der Waals surface area contributed by atoms with Gasteiger partial charge in [0.25, 0.3) is 5.91 Å². The normalized spacial score (nSPS) is 11.5. The van der Waals surface area contributed by atoms with Gasteiger partial charge in [-0.3, -0.25) is 9.48 Å². The van der Waals surface area contributed by atoms with Gasteiger partial charge in [0, 0.05) is 24.9 Å². The molecule has 0 aliphatic heterocycles. The molecule has 0 unspecified atom stereocenters. The number of carbonyl (C=O) groups is 1. The minimum atomic E-state index is -0.237. The Hall–Kier alpha value is -2.89. The topological polar surface area (TPSA) is 64.7 Å². The standard InChI is InChI=1S/C19H23N5O/c1-19(2,3)17-16(13-24(22-17)14-8-6-5-7-9-14)18(25)20-12-15-10-11-21-23(15)4/h5-11,13H,12H2,1-4H3,(H,20,25). The van der Waals surface area contributed by atoms with Crippen LogP contribution in [0.1, 0.15) is 42.5 Å². The van der Waals surface area contributed by atoms with Crippen LogP contribution in [0, 0.1) is 0 Å². The van der Waals surface area contributed by atoms with Crippen LogP contribution in [0.3, 0.4) is 0 Å². The molecule has 130 valence electrons. The molecule has 0 radical (unpaired) electrons. The summed E-state index contributed by atoms with van der Waals surface area (Å²) in [5.74, 6) is -0.131. The van der Waals surface area contributed by atoms with Crippen molar-refractivity contribution in [3.63, 3.8) is 0 Å². The summed E-state index contributed by atoms with van der Waals surface area (Å²) in [6, 6.07) is 11.7. The first-order valence-electron chi connectivity index (χ1n) is 8.27. The zero-order valence-electron chi connectivity index (χ0n) is 15.0. The summed E-state index contributed by atoms with van der Waals surface area (Å²) in [4.78, 5) is 12.8. The Morgan fingerprint density at radius 3 is 2.48 bits per heavy atom. The predicted molar refractivity (Wildman–Crippen MR) is 96.6 cm³/mol. The molecule has 0 saturated heterocycles. The molecule has 6 nitrogen and oxygen atoms in total. The fraction of sp³-hybridized carbons (Fsp3) is 0.316. The molecule has 2 aromatic heterocycles. The van der Waals surface area contributed by atoms with E-state index in [-0.39, 0.29) is 11.3 Å². The highest BCUT2D eigenvalue weighted by molar-refractivity contribution is 5.95. The Labute approximate surface area is 147 Å². The molecule has 0 bridgehead atoms. The second kappa shape index (κ2) is 6.55. The van der Waals surface area contributed by atoms with Crippen LogP contribution >= 0.6 is 0 Å². The molecule has 1 aromatic carbocycles. The average molecular weight is 337 g/mol. The van der Waals surface area contributed by atoms with Crippen molar-refractivity contribution in [2.75, 3.05) is 0 Å². The van der Waals surface area contributed by atoms with Crippen LogP contribution in [0.15, 0.2) is 48.8 Å². The third-order valence-electron chi connectivity index (χ3n) is 4.04. The van der Waals surface area contributed by atoms with Crippen LogP contribution in [0.4, 0.5) is 0 Å². The van der Waals surface area contributed by atoms with Crippen molar-refractivity contribution in [3.8, 4) is 5.69 Å². The number of rotatable bonds is 4. The lowest BCUT2D eigenvalue weighted by Gasteiger charge is -2.17. The average Bonchev–Trinajstić information content (AvgIpc) is 3.20. The first-order chi connectivity index (χ1) is 11.9. The molecule has 3 aromatic rings. The van der Waals surface area contributed by atoms with Gasteiger partial charge in [-0.25, -0.2) is 4.68 Å². The van der Waals surface area contributed by atoms with Crippen molar-refractivity contribution in [1.82, 2.24) is 24.9 Å². The maximum atomic E-state index is 12.8. The van der Waals surface area contributed by atoms with Crippen LogP contribution in [-0.2, 0) is 19.0 Å². The van der Waals surface area contributed by atoms with Crippen LogP contribution in [0.5, 0.6) is 0 Å². The van der Waals surface area contributed by atoms with Crippen LogP contribution in [-0.4, -0.2) is 25.5 Å². The Morgan fingerprint density at radius 2 is 1.88 bits per heavy atom. The lowest BCUT2D eigenvalue weighted by Crippen LogP contribution is -2.27. The molecule has 0 saturated carbocycles. The van der Waals surface area contributed by atoms with Crippen molar-refractivity contribution in [2.24, 2.45) is 7.05 Å². The van der Waals surface area contributed by atoms with Gasteiger partial charge in [0.05, 0.1) is 29.2 Å². The summed E-state index contributed by atoms with van der Waals surface area (Å²) in [6.07, 6.45) is 3.52. The molecule has 25 heavy (non-hydrogen) atoms. The minimum absolute atomic E-state index is 0.131. The van der Waals surface area contributed by atoms with E-state index in [1.807, 2.05) is 43.4 Å². The predicted octanol–water partition coefficient (Wildman–Crippen LogP) is 2.83. The molecule has 0 fully saturated rings. The first kappa shape index (κ1) is 17.0. The molecule has 0 spiro atoms. The number of amides is 1. The van der Waals surface area contributed by atoms with E-state index in [1.165, 1.54) is 0 Å². The molecule has 0 aliphatic rings. The fourth-order valence-corrected chi connectivity index (χ4v) is 2.65. The van der Waals surface area contributed by atoms with E-state index in [0.717, 1.165) is 17.1 Å². The van der Waals surface area contributed by atoms with Gasteiger partial charge in [-0.05, 0) is 18.2 Å². The highest BCUT2D eigenvalue weighted by Crippen LogP contribution is 2.25. The molecular formula is C19H23N5O. The van der Waals surface area contributed by atoms with Crippen molar-refractivity contribution in [3.05, 3.63) is 65.7 Å². The van der Waals surface area contributed by atoms with E-state index < -0.39 is 0 Å². The second-order valence-electron chi connectivity index (χ2n) is 7.05. The monoisotopic (exact) mass is 337 g/mol. The summed E-state index contributed by atoms with van der Waals surface area (Å²) in [5, 5.41) is 11.8. The van der Waals surface area contributed by atoms with E-state index in [1.54, 1.807) is 21.8 Å². The van der Waals surface area contributed by atoms with Gasteiger partial charge in [0.2, 0.25) is 0 Å². The third kappa shape index (κ3) is 3.63. The van der Waals surface area contributed by atoms with Gasteiger partial charge >= 0.3 is 0 Å². The Bertz CT molecular complexity index is 871. The Kier molecular flexibility index (Phi) is 4.44. The molecule has 0 aliphatic carbocycles. The molecule has 2 heterocycles. The van der Waals surface area contributed by atoms with E-state index in [4.69, 9.17) is 0 Å². The highest BCUT2D eigenvalue weighted by atomic mass is 16.1. The quantitative estimate of drug-likeness (QED) is 0.796. The van der Waals surface area contributed by atoms with Gasteiger partial charge in [0.15, 0.2) is 0 Å². The number of carbonyl (C=O) groups excluding carboxylic acids is 1. The van der Waals surface area contributed by atoms with Crippen molar-refractivity contribution >= 4 is 5.91 Å². The number of nitrogens with one attached hydrogen (secondary N) is 1. The number of para-hydroxylation sites is 1. The van der Waals surface area contributed by atoms with Crippen LogP contribution in [0.25, 0.3) is 5.69 Å². The van der Waals surface area contributed by atoms with Crippen LogP contribution in [0.2, 0.25) is 0 Å². The zero-order chi connectivity index (χ0) is 18.0. The summed E-state index contributed by atoms with van der Waals surface area (Å²) >= 11 is 0. The smallest absolute Gasteiger partial charge is 0.255 e. The minimum Gasteiger partial charge on any atom is -0.346 e. The van der Waals surface area contributed by atoms with Gasteiger partial charge in [0.1, 0.15) is 0 Å². The number of aromatic nitrogens is 4. The highest BCUT2D eigenvalue weighted by Gasteiger charge is 2.26. The van der Waals surface area contributed by atoms with Crippen molar-refractivity contribution < 1.29 is 4.79 Å². The van der Waals surface area contributed by atoms with E-state index >= 15 is 0 Å². The van der Waals surface area contributed by atoms with Gasteiger partial charge < -0.3 is 5.32 Å². The Balaban J connectivity index is 1.90. The summed E-state index contributed by atoms with van der Waals surface area (Å²) in [7, 11) is 1.86. The van der Waals surface area contributed by atoms with Crippen molar-refractivity contribution in [2.45, 2.75) is 32.7 Å². The van der Waals surface area contributed by atoms with Crippen molar-refractivity contribution in [1.29, 1.82) is 0 Å². The van der Waals surface area contributed by atoms with Crippen LogP contribution < -0.4 is 5.32 Å². The van der Waals surface area contributed by atoms with Gasteiger partial charge in [-0.1, -0.05) is 39.0 Å².